The number of anilines is 1. The normalized spacial score (nSPS) is 11.1. The van der Waals surface area contributed by atoms with Crippen LogP contribution in [0.25, 0.3) is 10.2 Å². The molecule has 0 radical (unpaired) electrons. The Labute approximate surface area is 186 Å². The SMILES string of the molecule is O=C(CCSc1ccc(Cl)cc1)N(CCn1cccn1)c1nc2c(F)cccc2s1. The number of carbonyl (C=O) groups is 1. The van der Waals surface area contributed by atoms with E-state index in [1.807, 2.05) is 42.6 Å². The fraction of sp³-hybridized carbons (Fsp3) is 0.190. The number of hydrogen-bond donors (Lipinski definition) is 0. The average Bonchev–Trinajstić information content (AvgIpc) is 3.40. The van der Waals surface area contributed by atoms with Crippen LogP contribution in [0.2, 0.25) is 5.02 Å². The number of carbonyl (C=O) groups excluding carboxylic acids is 1. The number of para-hydroxylation sites is 1. The third kappa shape index (κ3) is 5.00. The molecule has 0 aliphatic heterocycles. The molecular weight excluding hydrogens is 443 g/mol. The van der Waals surface area contributed by atoms with Gasteiger partial charge in [0.15, 0.2) is 5.13 Å². The number of thiazole rings is 1. The van der Waals surface area contributed by atoms with Gasteiger partial charge in [-0.25, -0.2) is 9.37 Å². The fourth-order valence-corrected chi connectivity index (χ4v) is 4.89. The summed E-state index contributed by atoms with van der Waals surface area (Å²) in [6.07, 6.45) is 3.88. The van der Waals surface area contributed by atoms with Crippen molar-refractivity contribution in [2.45, 2.75) is 17.9 Å². The highest BCUT2D eigenvalue weighted by atomic mass is 35.5. The Morgan fingerprint density at radius 3 is 2.77 bits per heavy atom. The number of aromatic nitrogens is 3. The highest BCUT2D eigenvalue weighted by Crippen LogP contribution is 2.31. The number of halogens is 2. The number of thioether (sulfide) groups is 1. The number of fused-ring (bicyclic) bond motifs is 1. The maximum Gasteiger partial charge on any atom is 0.229 e. The molecule has 9 heteroatoms. The van der Waals surface area contributed by atoms with Gasteiger partial charge in [-0.15, -0.1) is 11.8 Å². The van der Waals surface area contributed by atoms with Gasteiger partial charge < -0.3 is 0 Å². The Morgan fingerprint density at radius 2 is 2.03 bits per heavy atom. The minimum absolute atomic E-state index is 0.0527. The van der Waals surface area contributed by atoms with E-state index in [1.165, 1.54) is 17.4 Å². The largest absolute Gasteiger partial charge is 0.286 e. The Balaban J connectivity index is 1.48. The summed E-state index contributed by atoms with van der Waals surface area (Å²) in [5.41, 5.74) is 0.296. The second-order valence-electron chi connectivity index (χ2n) is 6.45. The smallest absolute Gasteiger partial charge is 0.229 e. The number of hydrogen-bond acceptors (Lipinski definition) is 5. The van der Waals surface area contributed by atoms with Crippen molar-refractivity contribution in [3.8, 4) is 0 Å². The van der Waals surface area contributed by atoms with Gasteiger partial charge in [-0.05, 0) is 42.5 Å². The Hall–Kier alpha value is -2.42. The molecule has 2 heterocycles. The topological polar surface area (TPSA) is 51.0 Å². The zero-order valence-electron chi connectivity index (χ0n) is 15.9. The number of rotatable bonds is 8. The summed E-state index contributed by atoms with van der Waals surface area (Å²) in [7, 11) is 0. The van der Waals surface area contributed by atoms with E-state index in [0.717, 1.165) is 9.60 Å². The summed E-state index contributed by atoms with van der Waals surface area (Å²) in [5.74, 6) is 0.189. The standard InChI is InChI=1S/C21H18ClFN4OS2/c22-15-5-7-16(8-6-15)29-14-9-19(28)27(13-12-26-11-2-10-24-26)21-25-20-17(23)3-1-4-18(20)30-21/h1-8,10-11H,9,12-14H2. The molecule has 4 aromatic rings. The zero-order chi connectivity index (χ0) is 20.9. The minimum Gasteiger partial charge on any atom is -0.286 e. The minimum atomic E-state index is -0.382. The molecule has 154 valence electrons. The van der Waals surface area contributed by atoms with Crippen molar-refractivity contribution in [2.75, 3.05) is 17.2 Å². The molecule has 0 N–H and O–H groups in total. The molecule has 0 bridgehead atoms. The van der Waals surface area contributed by atoms with Crippen LogP contribution in [0.3, 0.4) is 0 Å². The number of benzene rings is 2. The first-order valence-corrected chi connectivity index (χ1v) is 11.5. The van der Waals surface area contributed by atoms with E-state index in [9.17, 15) is 9.18 Å². The molecule has 0 fully saturated rings. The highest BCUT2D eigenvalue weighted by Gasteiger charge is 2.20. The van der Waals surface area contributed by atoms with E-state index in [2.05, 4.69) is 10.1 Å². The van der Waals surface area contributed by atoms with E-state index < -0.39 is 0 Å². The lowest BCUT2D eigenvalue weighted by molar-refractivity contribution is -0.118. The molecule has 5 nitrogen and oxygen atoms in total. The molecule has 0 unspecified atom stereocenters. The van der Waals surface area contributed by atoms with Crippen LogP contribution in [-0.4, -0.2) is 33.0 Å². The van der Waals surface area contributed by atoms with Gasteiger partial charge in [0, 0.05) is 41.0 Å². The maximum absolute atomic E-state index is 14.1. The van der Waals surface area contributed by atoms with Gasteiger partial charge >= 0.3 is 0 Å². The van der Waals surface area contributed by atoms with Gasteiger partial charge in [0.1, 0.15) is 11.3 Å². The molecule has 0 aliphatic carbocycles. The third-order valence-electron chi connectivity index (χ3n) is 4.40. The molecule has 0 atom stereocenters. The van der Waals surface area contributed by atoms with Gasteiger partial charge in [0.25, 0.3) is 0 Å². The van der Waals surface area contributed by atoms with Crippen LogP contribution in [0.1, 0.15) is 6.42 Å². The molecule has 0 aliphatic rings. The van der Waals surface area contributed by atoms with E-state index >= 15 is 0 Å². The van der Waals surface area contributed by atoms with Crippen molar-refractivity contribution in [2.24, 2.45) is 0 Å². The van der Waals surface area contributed by atoms with Gasteiger partial charge in [-0.3, -0.25) is 14.4 Å². The molecule has 0 saturated carbocycles. The summed E-state index contributed by atoms with van der Waals surface area (Å²) in [6, 6.07) is 14.2. The van der Waals surface area contributed by atoms with Gasteiger partial charge in [0.05, 0.1) is 11.2 Å². The van der Waals surface area contributed by atoms with E-state index in [4.69, 9.17) is 11.6 Å². The van der Waals surface area contributed by atoms with Crippen molar-refractivity contribution < 1.29 is 9.18 Å². The molecule has 30 heavy (non-hydrogen) atoms. The second kappa shape index (κ2) is 9.59. The first-order valence-electron chi connectivity index (χ1n) is 9.31. The zero-order valence-corrected chi connectivity index (χ0v) is 18.3. The van der Waals surface area contributed by atoms with Crippen LogP contribution in [0.5, 0.6) is 0 Å². The summed E-state index contributed by atoms with van der Waals surface area (Å²) < 4.78 is 16.6. The van der Waals surface area contributed by atoms with Gasteiger partial charge in [0.2, 0.25) is 5.91 Å². The van der Waals surface area contributed by atoms with Crippen LogP contribution in [0.15, 0.2) is 65.8 Å². The predicted molar refractivity (Wildman–Crippen MR) is 121 cm³/mol. The number of amides is 1. The average molecular weight is 461 g/mol. The lowest BCUT2D eigenvalue weighted by atomic mass is 10.3. The molecule has 2 aromatic heterocycles. The van der Waals surface area contributed by atoms with Gasteiger partial charge in [-0.1, -0.05) is 29.0 Å². The summed E-state index contributed by atoms with van der Waals surface area (Å²) >= 11 is 8.83. The van der Waals surface area contributed by atoms with E-state index in [1.54, 1.807) is 33.6 Å². The van der Waals surface area contributed by atoms with Crippen molar-refractivity contribution in [1.82, 2.24) is 14.8 Å². The van der Waals surface area contributed by atoms with Gasteiger partial charge in [-0.2, -0.15) is 5.10 Å². The van der Waals surface area contributed by atoms with Crippen molar-refractivity contribution >= 4 is 56.0 Å². The van der Waals surface area contributed by atoms with E-state index in [0.29, 0.717) is 40.9 Å². The first kappa shape index (κ1) is 20.8. The summed E-state index contributed by atoms with van der Waals surface area (Å²) in [4.78, 5) is 20.1. The predicted octanol–water partition coefficient (Wildman–Crippen LogP) is 5.50. The monoisotopic (exact) mass is 460 g/mol. The third-order valence-corrected chi connectivity index (χ3v) is 6.71. The Bertz CT molecular complexity index is 1130. The number of nitrogens with zero attached hydrogens (tertiary/aromatic N) is 4. The van der Waals surface area contributed by atoms with Crippen LogP contribution in [0.4, 0.5) is 9.52 Å². The van der Waals surface area contributed by atoms with Crippen molar-refractivity contribution in [1.29, 1.82) is 0 Å². The Kier molecular flexibility index (Phi) is 6.66. The molecule has 0 saturated heterocycles. The molecule has 0 spiro atoms. The van der Waals surface area contributed by atoms with Crippen LogP contribution in [-0.2, 0) is 11.3 Å². The van der Waals surface area contributed by atoms with Crippen molar-refractivity contribution in [3.05, 3.63) is 71.8 Å². The maximum atomic E-state index is 14.1. The lowest BCUT2D eigenvalue weighted by Crippen LogP contribution is -2.34. The Morgan fingerprint density at radius 1 is 1.20 bits per heavy atom. The van der Waals surface area contributed by atoms with E-state index in [-0.39, 0.29) is 11.7 Å². The molecule has 4 rings (SSSR count). The first-order chi connectivity index (χ1) is 14.6. The van der Waals surface area contributed by atoms with Crippen LogP contribution < -0.4 is 4.90 Å². The van der Waals surface area contributed by atoms with Crippen LogP contribution in [0, 0.1) is 5.82 Å². The highest BCUT2D eigenvalue weighted by molar-refractivity contribution is 7.99. The molecular formula is C21H18ClFN4OS2. The van der Waals surface area contributed by atoms with Crippen molar-refractivity contribution in [3.63, 3.8) is 0 Å². The quantitative estimate of drug-likeness (QED) is 0.326. The molecule has 2 aromatic carbocycles. The molecule has 1 amide bonds. The fourth-order valence-electron chi connectivity index (χ4n) is 2.90. The summed E-state index contributed by atoms with van der Waals surface area (Å²) in [6.45, 7) is 0.940. The second-order valence-corrected chi connectivity index (χ2v) is 9.06. The summed E-state index contributed by atoms with van der Waals surface area (Å²) in [5, 5.41) is 5.38. The lowest BCUT2D eigenvalue weighted by Gasteiger charge is -2.20. The van der Waals surface area contributed by atoms with Crippen LogP contribution >= 0.6 is 34.7 Å².